The minimum absolute atomic E-state index is 0.155. The van der Waals surface area contributed by atoms with E-state index < -0.39 is 6.04 Å². The molecule has 4 rings (SSSR count). The van der Waals surface area contributed by atoms with Gasteiger partial charge in [0.15, 0.2) is 0 Å². The summed E-state index contributed by atoms with van der Waals surface area (Å²) in [5, 5.41) is 12.1. The number of anilines is 1. The summed E-state index contributed by atoms with van der Waals surface area (Å²) in [4.78, 5) is 31.2. The zero-order valence-corrected chi connectivity index (χ0v) is 13.6. The molecule has 2 N–H and O–H groups in total. The van der Waals surface area contributed by atoms with Crippen molar-refractivity contribution in [2.24, 2.45) is 4.99 Å². The number of aliphatic imine (C=N–C) groups is 1. The van der Waals surface area contributed by atoms with Crippen molar-refractivity contribution in [2.45, 2.75) is 25.9 Å². The highest BCUT2D eigenvalue weighted by atomic mass is 16.2. The molecular formula is C16H17N7O2. The summed E-state index contributed by atoms with van der Waals surface area (Å²) in [5.74, 6) is -0.308. The van der Waals surface area contributed by atoms with E-state index in [0.29, 0.717) is 25.2 Å². The molecule has 0 bridgehead atoms. The summed E-state index contributed by atoms with van der Waals surface area (Å²) in [6.07, 6.45) is 0.641. The molecule has 0 radical (unpaired) electrons. The summed E-state index contributed by atoms with van der Waals surface area (Å²) in [5.41, 5.74) is 5.18. The number of carbonyl (C=O) groups is 2. The second-order valence-corrected chi connectivity index (χ2v) is 5.97. The lowest BCUT2D eigenvalue weighted by atomic mass is 10.1. The lowest BCUT2D eigenvalue weighted by molar-refractivity contribution is -0.125. The molecule has 0 spiro atoms. The molecule has 25 heavy (non-hydrogen) atoms. The average molecular weight is 339 g/mol. The standard InChI is InChI=1S/C16H17N7O2/c1-10-15(24)23(11-5-3-2-4-6-11)20-14(17-10)16(25)22-8-7-12-13(9-22)19-21-18-12/h2-6,10H,7-9H2,1H3,(H,17,20)(H,18,19,21)/t10-/m1/s1. The molecule has 2 aliphatic rings. The third-order valence-electron chi connectivity index (χ3n) is 4.28. The van der Waals surface area contributed by atoms with Gasteiger partial charge < -0.3 is 4.90 Å². The number of aromatic amines is 1. The van der Waals surface area contributed by atoms with Crippen LogP contribution in [-0.2, 0) is 22.6 Å². The summed E-state index contributed by atoms with van der Waals surface area (Å²) >= 11 is 0. The Kier molecular flexibility index (Phi) is 3.68. The Morgan fingerprint density at radius 2 is 1.96 bits per heavy atom. The van der Waals surface area contributed by atoms with Gasteiger partial charge in [-0.3, -0.25) is 15.0 Å². The monoisotopic (exact) mass is 339 g/mol. The average Bonchev–Trinajstić information content (AvgIpc) is 3.11. The van der Waals surface area contributed by atoms with E-state index >= 15 is 0 Å². The summed E-state index contributed by atoms with van der Waals surface area (Å²) < 4.78 is 0. The molecule has 1 aromatic carbocycles. The Labute approximate surface area is 143 Å². The molecule has 0 unspecified atom stereocenters. The molecule has 9 nitrogen and oxygen atoms in total. The number of amides is 2. The third kappa shape index (κ3) is 2.73. The van der Waals surface area contributed by atoms with Crippen molar-refractivity contribution in [1.29, 1.82) is 0 Å². The van der Waals surface area contributed by atoms with E-state index in [1.54, 1.807) is 24.0 Å². The van der Waals surface area contributed by atoms with Crippen LogP contribution in [0, 0.1) is 0 Å². The second-order valence-electron chi connectivity index (χ2n) is 5.97. The molecule has 0 saturated carbocycles. The molecular weight excluding hydrogens is 322 g/mol. The highest BCUT2D eigenvalue weighted by Gasteiger charge is 2.34. The summed E-state index contributed by atoms with van der Waals surface area (Å²) in [7, 11) is 0. The number of hydrogen-bond acceptors (Lipinski definition) is 6. The number of amidine groups is 1. The van der Waals surface area contributed by atoms with Gasteiger partial charge in [-0.25, -0.2) is 10.0 Å². The summed E-state index contributed by atoms with van der Waals surface area (Å²) in [6, 6.07) is 8.50. The first-order valence-corrected chi connectivity index (χ1v) is 8.05. The van der Waals surface area contributed by atoms with E-state index in [0.717, 1.165) is 11.4 Å². The minimum Gasteiger partial charge on any atom is -0.330 e. The second kappa shape index (κ2) is 6.00. The van der Waals surface area contributed by atoms with Gasteiger partial charge in [-0.1, -0.05) is 18.2 Å². The van der Waals surface area contributed by atoms with Crippen LogP contribution in [0.3, 0.4) is 0 Å². The highest BCUT2D eigenvalue weighted by Crippen LogP contribution is 2.18. The van der Waals surface area contributed by atoms with Gasteiger partial charge in [-0.05, 0) is 19.1 Å². The Balaban J connectivity index is 1.56. The molecule has 0 aliphatic carbocycles. The minimum atomic E-state index is -0.632. The number of aromatic nitrogens is 3. The van der Waals surface area contributed by atoms with Crippen LogP contribution in [-0.4, -0.2) is 50.5 Å². The van der Waals surface area contributed by atoms with Gasteiger partial charge in [-0.2, -0.15) is 15.4 Å². The fraction of sp³-hybridized carbons (Fsp3) is 0.312. The van der Waals surface area contributed by atoms with Gasteiger partial charge in [0, 0.05) is 13.0 Å². The van der Waals surface area contributed by atoms with Crippen LogP contribution in [0.5, 0.6) is 0 Å². The molecule has 0 fully saturated rings. The lowest BCUT2D eigenvalue weighted by Crippen LogP contribution is -2.58. The van der Waals surface area contributed by atoms with E-state index in [2.05, 4.69) is 25.8 Å². The largest absolute Gasteiger partial charge is 0.330 e. The lowest BCUT2D eigenvalue weighted by Gasteiger charge is -2.33. The number of para-hydroxylation sites is 1. The molecule has 128 valence electrons. The number of hydrogen-bond donors (Lipinski definition) is 2. The number of hydrazine groups is 1. The van der Waals surface area contributed by atoms with Crippen LogP contribution < -0.4 is 10.4 Å². The number of carbonyl (C=O) groups excluding carboxylic acids is 2. The molecule has 2 aromatic rings. The van der Waals surface area contributed by atoms with Crippen molar-refractivity contribution in [1.82, 2.24) is 25.7 Å². The fourth-order valence-electron chi connectivity index (χ4n) is 2.92. The molecule has 2 aliphatic heterocycles. The van der Waals surface area contributed by atoms with E-state index in [1.807, 2.05) is 18.2 Å². The Bertz CT molecular complexity index is 845. The maximum Gasteiger partial charge on any atom is 0.291 e. The van der Waals surface area contributed by atoms with Gasteiger partial charge >= 0.3 is 0 Å². The number of nitrogens with zero attached hydrogens (tertiary/aromatic N) is 5. The first kappa shape index (κ1) is 15.3. The maximum absolute atomic E-state index is 12.9. The number of benzene rings is 1. The summed E-state index contributed by atoms with van der Waals surface area (Å²) in [6.45, 7) is 2.59. The molecule has 1 atom stereocenters. The van der Waals surface area contributed by atoms with E-state index in [9.17, 15) is 9.59 Å². The zero-order valence-electron chi connectivity index (χ0n) is 13.6. The number of nitrogens with one attached hydrogen (secondary N) is 2. The number of fused-ring (bicyclic) bond motifs is 1. The van der Waals surface area contributed by atoms with E-state index in [4.69, 9.17) is 0 Å². The van der Waals surface area contributed by atoms with Gasteiger partial charge in [0.1, 0.15) is 11.7 Å². The predicted octanol–water partition coefficient (Wildman–Crippen LogP) is 0.0278. The Morgan fingerprint density at radius 1 is 1.20 bits per heavy atom. The third-order valence-corrected chi connectivity index (χ3v) is 4.28. The fourth-order valence-corrected chi connectivity index (χ4v) is 2.92. The first-order chi connectivity index (χ1) is 12.1. The highest BCUT2D eigenvalue weighted by molar-refractivity contribution is 6.39. The predicted molar refractivity (Wildman–Crippen MR) is 89.5 cm³/mol. The first-order valence-electron chi connectivity index (χ1n) is 8.05. The Morgan fingerprint density at radius 3 is 2.76 bits per heavy atom. The van der Waals surface area contributed by atoms with Crippen LogP contribution >= 0.6 is 0 Å². The molecule has 3 heterocycles. The molecule has 9 heteroatoms. The van der Waals surface area contributed by atoms with Crippen LogP contribution in [0.15, 0.2) is 35.3 Å². The zero-order chi connectivity index (χ0) is 17.4. The Hall–Kier alpha value is -3.23. The van der Waals surface area contributed by atoms with Crippen molar-refractivity contribution in [3.63, 3.8) is 0 Å². The van der Waals surface area contributed by atoms with Gasteiger partial charge in [-0.15, -0.1) is 0 Å². The maximum atomic E-state index is 12.9. The van der Waals surface area contributed by atoms with Gasteiger partial charge in [0.05, 0.1) is 17.9 Å². The van der Waals surface area contributed by atoms with Crippen molar-refractivity contribution >= 4 is 23.3 Å². The van der Waals surface area contributed by atoms with E-state index in [-0.39, 0.29) is 17.6 Å². The van der Waals surface area contributed by atoms with Crippen LogP contribution in [0.4, 0.5) is 5.69 Å². The van der Waals surface area contributed by atoms with Crippen LogP contribution in [0.1, 0.15) is 18.3 Å². The van der Waals surface area contributed by atoms with Crippen LogP contribution in [0.2, 0.25) is 0 Å². The number of H-pyrrole nitrogens is 1. The SMILES string of the molecule is C[C@H]1N=C(C(=O)N2CCc3n[nH]nc3C2)NN(c2ccccc2)C1=O. The van der Waals surface area contributed by atoms with Gasteiger partial charge in [0.25, 0.3) is 11.8 Å². The van der Waals surface area contributed by atoms with Gasteiger partial charge in [0.2, 0.25) is 5.84 Å². The topological polar surface area (TPSA) is 107 Å². The van der Waals surface area contributed by atoms with Crippen molar-refractivity contribution in [2.75, 3.05) is 11.6 Å². The quantitative estimate of drug-likeness (QED) is 0.803. The molecule has 2 amide bonds. The normalized spacial score (nSPS) is 20.0. The van der Waals surface area contributed by atoms with Crippen molar-refractivity contribution in [3.05, 3.63) is 41.7 Å². The van der Waals surface area contributed by atoms with Crippen molar-refractivity contribution in [3.8, 4) is 0 Å². The number of rotatable bonds is 2. The van der Waals surface area contributed by atoms with E-state index in [1.165, 1.54) is 5.01 Å². The van der Waals surface area contributed by atoms with Crippen LogP contribution in [0.25, 0.3) is 0 Å². The molecule has 0 saturated heterocycles. The smallest absolute Gasteiger partial charge is 0.291 e. The van der Waals surface area contributed by atoms with Crippen molar-refractivity contribution < 1.29 is 9.59 Å². The molecule has 1 aromatic heterocycles.